The first-order chi connectivity index (χ1) is 12.8. The second-order valence-electron chi connectivity index (χ2n) is 8.23. The number of benzene rings is 2. The van der Waals surface area contributed by atoms with Crippen molar-refractivity contribution in [3.05, 3.63) is 65.7 Å². The SMILES string of the molecule is O=C(Cc1ccccc1)N1CC(C2CN(CC3CC3)c3ccccc32)C1. The lowest BCUT2D eigenvalue weighted by molar-refractivity contribution is -0.137. The first-order valence-corrected chi connectivity index (χ1v) is 9.93. The molecule has 2 fully saturated rings. The first kappa shape index (κ1) is 15.9. The molecule has 1 unspecified atom stereocenters. The van der Waals surface area contributed by atoms with Crippen molar-refractivity contribution in [1.29, 1.82) is 0 Å². The van der Waals surface area contributed by atoms with Gasteiger partial charge in [-0.2, -0.15) is 0 Å². The quantitative estimate of drug-likeness (QED) is 0.824. The van der Waals surface area contributed by atoms with Gasteiger partial charge < -0.3 is 9.80 Å². The van der Waals surface area contributed by atoms with Crippen molar-refractivity contribution < 1.29 is 4.79 Å². The number of amides is 1. The largest absolute Gasteiger partial charge is 0.370 e. The molecular weight excluding hydrogens is 320 g/mol. The number of para-hydroxylation sites is 1. The number of hydrogen-bond acceptors (Lipinski definition) is 2. The van der Waals surface area contributed by atoms with E-state index < -0.39 is 0 Å². The molecule has 1 aliphatic carbocycles. The molecule has 134 valence electrons. The van der Waals surface area contributed by atoms with Crippen LogP contribution in [0, 0.1) is 11.8 Å². The summed E-state index contributed by atoms with van der Waals surface area (Å²) in [5, 5.41) is 0. The minimum atomic E-state index is 0.272. The van der Waals surface area contributed by atoms with E-state index in [1.54, 1.807) is 0 Å². The summed E-state index contributed by atoms with van der Waals surface area (Å²) >= 11 is 0. The van der Waals surface area contributed by atoms with E-state index in [4.69, 9.17) is 0 Å². The molecule has 26 heavy (non-hydrogen) atoms. The van der Waals surface area contributed by atoms with E-state index in [1.165, 1.54) is 30.6 Å². The van der Waals surface area contributed by atoms with Crippen LogP contribution in [0.2, 0.25) is 0 Å². The maximum absolute atomic E-state index is 12.5. The number of fused-ring (bicyclic) bond motifs is 1. The summed E-state index contributed by atoms with van der Waals surface area (Å²) in [6, 6.07) is 19.0. The molecular formula is C23H26N2O. The minimum Gasteiger partial charge on any atom is -0.370 e. The van der Waals surface area contributed by atoms with Gasteiger partial charge in [-0.3, -0.25) is 4.79 Å². The van der Waals surface area contributed by atoms with Crippen LogP contribution in [-0.2, 0) is 11.2 Å². The summed E-state index contributed by atoms with van der Waals surface area (Å²) < 4.78 is 0. The van der Waals surface area contributed by atoms with Crippen LogP contribution in [0.25, 0.3) is 0 Å². The average Bonchev–Trinajstić information content (AvgIpc) is 3.37. The van der Waals surface area contributed by atoms with Crippen molar-refractivity contribution in [2.75, 3.05) is 31.1 Å². The number of carbonyl (C=O) groups is 1. The molecule has 1 saturated heterocycles. The van der Waals surface area contributed by atoms with E-state index in [2.05, 4.69) is 29.2 Å². The van der Waals surface area contributed by atoms with Crippen molar-refractivity contribution in [1.82, 2.24) is 4.90 Å². The molecule has 0 spiro atoms. The standard InChI is InChI=1S/C23H26N2O/c26-23(12-17-6-2-1-3-7-17)25-14-19(15-25)21-16-24(13-18-10-11-18)22-9-5-4-8-20(21)22/h1-9,18-19,21H,10-16H2. The lowest BCUT2D eigenvalue weighted by Crippen LogP contribution is -2.53. The third-order valence-corrected chi connectivity index (χ3v) is 6.30. The number of anilines is 1. The Bertz CT molecular complexity index is 793. The van der Waals surface area contributed by atoms with Crippen LogP contribution in [0.1, 0.15) is 29.9 Å². The van der Waals surface area contributed by atoms with Gasteiger partial charge in [0.1, 0.15) is 0 Å². The van der Waals surface area contributed by atoms with Crippen molar-refractivity contribution in [3.63, 3.8) is 0 Å². The van der Waals surface area contributed by atoms with Crippen molar-refractivity contribution in [3.8, 4) is 0 Å². The maximum Gasteiger partial charge on any atom is 0.227 e. The molecule has 1 amide bonds. The first-order valence-electron chi connectivity index (χ1n) is 9.93. The van der Waals surface area contributed by atoms with Gasteiger partial charge in [0.25, 0.3) is 0 Å². The Balaban J connectivity index is 1.23. The minimum absolute atomic E-state index is 0.272. The normalized spacial score (nSPS) is 22.2. The molecule has 2 heterocycles. The number of rotatable bonds is 5. The Morgan fingerprint density at radius 3 is 2.42 bits per heavy atom. The number of likely N-dealkylation sites (tertiary alicyclic amines) is 1. The van der Waals surface area contributed by atoms with E-state index >= 15 is 0 Å². The van der Waals surface area contributed by atoms with E-state index in [1.807, 2.05) is 35.2 Å². The Morgan fingerprint density at radius 1 is 0.923 bits per heavy atom. The molecule has 0 aromatic heterocycles. The smallest absolute Gasteiger partial charge is 0.227 e. The number of carbonyl (C=O) groups excluding carboxylic acids is 1. The topological polar surface area (TPSA) is 23.6 Å². The molecule has 0 radical (unpaired) electrons. The second kappa shape index (κ2) is 6.46. The predicted octanol–water partition coefficient (Wildman–Crippen LogP) is 3.70. The molecule has 3 aliphatic rings. The van der Waals surface area contributed by atoms with E-state index in [0.29, 0.717) is 18.3 Å². The highest BCUT2D eigenvalue weighted by Crippen LogP contribution is 2.44. The van der Waals surface area contributed by atoms with Gasteiger partial charge in [0, 0.05) is 43.7 Å². The Hall–Kier alpha value is -2.29. The summed E-state index contributed by atoms with van der Waals surface area (Å²) in [6.45, 7) is 4.20. The van der Waals surface area contributed by atoms with Crippen LogP contribution in [0.15, 0.2) is 54.6 Å². The summed E-state index contributed by atoms with van der Waals surface area (Å²) in [6.07, 6.45) is 3.33. The van der Waals surface area contributed by atoms with Gasteiger partial charge in [0.2, 0.25) is 5.91 Å². The average molecular weight is 346 g/mol. The maximum atomic E-state index is 12.5. The molecule has 0 N–H and O–H groups in total. The van der Waals surface area contributed by atoms with Gasteiger partial charge >= 0.3 is 0 Å². The molecule has 2 aliphatic heterocycles. The fourth-order valence-electron chi connectivity index (χ4n) is 4.56. The predicted molar refractivity (Wildman–Crippen MR) is 104 cm³/mol. The van der Waals surface area contributed by atoms with Crippen molar-refractivity contribution in [2.24, 2.45) is 11.8 Å². The number of nitrogens with zero attached hydrogens (tertiary/aromatic N) is 2. The van der Waals surface area contributed by atoms with Crippen LogP contribution < -0.4 is 4.90 Å². The van der Waals surface area contributed by atoms with Gasteiger partial charge in [-0.25, -0.2) is 0 Å². The van der Waals surface area contributed by atoms with Crippen LogP contribution in [0.4, 0.5) is 5.69 Å². The third kappa shape index (κ3) is 3.00. The lowest BCUT2D eigenvalue weighted by atomic mass is 9.82. The highest BCUT2D eigenvalue weighted by molar-refractivity contribution is 5.79. The fraction of sp³-hybridized carbons (Fsp3) is 0.435. The monoisotopic (exact) mass is 346 g/mol. The molecule has 0 bridgehead atoms. The van der Waals surface area contributed by atoms with Crippen molar-refractivity contribution in [2.45, 2.75) is 25.2 Å². The Morgan fingerprint density at radius 2 is 1.65 bits per heavy atom. The van der Waals surface area contributed by atoms with Gasteiger partial charge in [0.15, 0.2) is 0 Å². The molecule has 3 heteroatoms. The molecule has 2 aromatic rings. The van der Waals surface area contributed by atoms with Gasteiger partial charge in [-0.05, 0) is 36.0 Å². The fourth-order valence-corrected chi connectivity index (χ4v) is 4.56. The summed E-state index contributed by atoms with van der Waals surface area (Å²) in [5.41, 5.74) is 4.06. The lowest BCUT2D eigenvalue weighted by Gasteiger charge is -2.42. The zero-order valence-corrected chi connectivity index (χ0v) is 15.2. The zero-order valence-electron chi connectivity index (χ0n) is 15.2. The van der Waals surface area contributed by atoms with Crippen LogP contribution in [0.3, 0.4) is 0 Å². The van der Waals surface area contributed by atoms with Crippen molar-refractivity contribution >= 4 is 11.6 Å². The highest BCUT2D eigenvalue weighted by Gasteiger charge is 2.42. The van der Waals surface area contributed by atoms with E-state index in [0.717, 1.165) is 31.1 Å². The zero-order chi connectivity index (χ0) is 17.5. The van der Waals surface area contributed by atoms with Gasteiger partial charge in [0.05, 0.1) is 6.42 Å². The van der Waals surface area contributed by atoms with Crippen LogP contribution in [0.5, 0.6) is 0 Å². The summed E-state index contributed by atoms with van der Waals surface area (Å²) in [4.78, 5) is 17.2. The number of hydrogen-bond donors (Lipinski definition) is 0. The Labute approximate surface area is 155 Å². The Kier molecular flexibility index (Phi) is 3.96. The molecule has 2 aromatic carbocycles. The van der Waals surface area contributed by atoms with Crippen LogP contribution >= 0.6 is 0 Å². The van der Waals surface area contributed by atoms with E-state index in [9.17, 15) is 4.79 Å². The van der Waals surface area contributed by atoms with Gasteiger partial charge in [-0.15, -0.1) is 0 Å². The second-order valence-corrected chi connectivity index (χ2v) is 8.23. The van der Waals surface area contributed by atoms with E-state index in [-0.39, 0.29) is 5.91 Å². The molecule has 1 atom stereocenters. The van der Waals surface area contributed by atoms with Gasteiger partial charge in [-0.1, -0.05) is 48.5 Å². The molecule has 3 nitrogen and oxygen atoms in total. The summed E-state index contributed by atoms with van der Waals surface area (Å²) in [5.74, 6) is 2.38. The highest BCUT2D eigenvalue weighted by atomic mass is 16.2. The molecule has 5 rings (SSSR count). The third-order valence-electron chi connectivity index (χ3n) is 6.30. The molecule has 1 saturated carbocycles. The van der Waals surface area contributed by atoms with Crippen LogP contribution in [-0.4, -0.2) is 37.0 Å². The summed E-state index contributed by atoms with van der Waals surface area (Å²) in [7, 11) is 0.